The number of carbonyl (C=O) groups is 2. The van der Waals surface area contributed by atoms with Gasteiger partial charge >= 0.3 is 5.97 Å². The van der Waals surface area contributed by atoms with E-state index in [-0.39, 0.29) is 17.5 Å². The second-order valence-corrected chi connectivity index (χ2v) is 7.36. The van der Waals surface area contributed by atoms with Gasteiger partial charge in [-0.1, -0.05) is 13.8 Å². The topological polar surface area (TPSA) is 130 Å². The molecule has 2 atom stereocenters. The third-order valence-electron chi connectivity index (χ3n) is 4.78. The summed E-state index contributed by atoms with van der Waals surface area (Å²) in [6.45, 7) is 7.31. The third kappa shape index (κ3) is 3.00. The summed E-state index contributed by atoms with van der Waals surface area (Å²) in [6, 6.07) is 4.64. The SMILES string of the molecule is CC(C)n1nnc(-c2ccc(O)c(NC(=O)[C@H]3[C@H](C(=O)O)C3(C)C)c2)n1. The van der Waals surface area contributed by atoms with Crippen LogP contribution in [-0.2, 0) is 9.59 Å². The van der Waals surface area contributed by atoms with E-state index in [0.717, 1.165) is 0 Å². The van der Waals surface area contributed by atoms with Crippen LogP contribution < -0.4 is 5.32 Å². The lowest BCUT2D eigenvalue weighted by Crippen LogP contribution is -2.17. The Morgan fingerprint density at radius 2 is 1.96 bits per heavy atom. The van der Waals surface area contributed by atoms with Crippen molar-refractivity contribution in [2.45, 2.75) is 33.7 Å². The molecule has 1 saturated carbocycles. The van der Waals surface area contributed by atoms with Crippen molar-refractivity contribution in [1.29, 1.82) is 0 Å². The first kappa shape index (κ1) is 17.8. The predicted octanol–water partition coefficient (Wildman–Crippen LogP) is 1.92. The fourth-order valence-corrected chi connectivity index (χ4v) is 3.13. The summed E-state index contributed by atoms with van der Waals surface area (Å²) in [4.78, 5) is 25.2. The van der Waals surface area contributed by atoms with E-state index in [1.807, 2.05) is 13.8 Å². The second kappa shape index (κ2) is 6.08. The summed E-state index contributed by atoms with van der Waals surface area (Å²) < 4.78 is 0. The van der Waals surface area contributed by atoms with Gasteiger partial charge in [-0.25, -0.2) is 0 Å². The molecule has 1 aromatic carbocycles. The highest BCUT2D eigenvalue weighted by Crippen LogP contribution is 2.58. The lowest BCUT2D eigenvalue weighted by molar-refractivity contribution is -0.140. The van der Waals surface area contributed by atoms with E-state index < -0.39 is 29.1 Å². The van der Waals surface area contributed by atoms with Crippen LogP contribution in [0, 0.1) is 17.3 Å². The van der Waals surface area contributed by atoms with E-state index in [2.05, 4.69) is 20.7 Å². The maximum atomic E-state index is 12.5. The molecule has 138 valence electrons. The standard InChI is InChI=1S/C17H21N5O4/c1-8(2)22-20-14(19-21-22)9-5-6-11(23)10(7-9)18-15(24)12-13(16(25)26)17(12,3)4/h5-8,12-13,23H,1-4H3,(H,18,24)(H,25,26)/t12-,13-/m1/s1. The summed E-state index contributed by atoms with van der Waals surface area (Å²) in [5.41, 5.74) is 0.139. The zero-order chi connectivity index (χ0) is 19.2. The van der Waals surface area contributed by atoms with Crippen LogP contribution in [0.25, 0.3) is 11.4 Å². The molecule has 0 radical (unpaired) electrons. The zero-order valence-electron chi connectivity index (χ0n) is 15.0. The number of aliphatic carboxylic acids is 1. The van der Waals surface area contributed by atoms with Gasteiger partial charge in [0.25, 0.3) is 0 Å². The van der Waals surface area contributed by atoms with Gasteiger partial charge in [-0.15, -0.1) is 10.2 Å². The molecule has 3 rings (SSSR count). The maximum absolute atomic E-state index is 12.5. The summed E-state index contributed by atoms with van der Waals surface area (Å²) in [5, 5.41) is 34.1. The number of phenolic OH excluding ortho intramolecular Hbond substituents is 1. The Bertz CT molecular complexity index is 874. The monoisotopic (exact) mass is 359 g/mol. The van der Waals surface area contributed by atoms with Crippen molar-refractivity contribution in [3.05, 3.63) is 18.2 Å². The van der Waals surface area contributed by atoms with E-state index in [1.54, 1.807) is 26.0 Å². The number of carboxylic acids is 1. The van der Waals surface area contributed by atoms with E-state index in [4.69, 9.17) is 0 Å². The maximum Gasteiger partial charge on any atom is 0.307 e. The number of hydrogen-bond donors (Lipinski definition) is 3. The molecule has 1 aliphatic carbocycles. The molecule has 1 aliphatic rings. The molecule has 1 amide bonds. The number of benzene rings is 1. The highest BCUT2D eigenvalue weighted by atomic mass is 16.4. The van der Waals surface area contributed by atoms with E-state index in [0.29, 0.717) is 11.4 Å². The van der Waals surface area contributed by atoms with Crippen molar-refractivity contribution in [2.75, 3.05) is 5.32 Å². The highest BCUT2D eigenvalue weighted by molar-refractivity contribution is 6.00. The van der Waals surface area contributed by atoms with Crippen LogP contribution in [0.5, 0.6) is 5.75 Å². The Morgan fingerprint density at radius 3 is 2.50 bits per heavy atom. The van der Waals surface area contributed by atoms with Gasteiger partial charge in [-0.2, -0.15) is 4.80 Å². The number of tetrazole rings is 1. The molecule has 2 aromatic rings. The van der Waals surface area contributed by atoms with Crippen molar-refractivity contribution in [3.63, 3.8) is 0 Å². The van der Waals surface area contributed by atoms with E-state index in [1.165, 1.54) is 10.9 Å². The van der Waals surface area contributed by atoms with Gasteiger partial charge in [-0.3, -0.25) is 9.59 Å². The molecule has 9 nitrogen and oxygen atoms in total. The lowest BCUT2D eigenvalue weighted by atomic mass is 10.1. The Balaban J connectivity index is 1.82. The molecule has 9 heteroatoms. The van der Waals surface area contributed by atoms with E-state index >= 15 is 0 Å². The van der Waals surface area contributed by atoms with Crippen molar-refractivity contribution in [3.8, 4) is 17.1 Å². The van der Waals surface area contributed by atoms with Gasteiger partial charge in [0, 0.05) is 5.56 Å². The van der Waals surface area contributed by atoms with Crippen LogP contribution in [0.3, 0.4) is 0 Å². The molecule has 3 N–H and O–H groups in total. The third-order valence-corrected chi connectivity index (χ3v) is 4.78. The smallest absolute Gasteiger partial charge is 0.307 e. The second-order valence-electron chi connectivity index (χ2n) is 7.36. The molecule has 1 aromatic heterocycles. The van der Waals surface area contributed by atoms with Gasteiger partial charge < -0.3 is 15.5 Å². The lowest BCUT2D eigenvalue weighted by Gasteiger charge is -2.09. The molecule has 0 bridgehead atoms. The summed E-state index contributed by atoms with van der Waals surface area (Å²) in [5.74, 6) is -2.58. The molecule has 0 aliphatic heterocycles. The first-order valence-electron chi connectivity index (χ1n) is 8.29. The highest BCUT2D eigenvalue weighted by Gasteiger charge is 2.65. The van der Waals surface area contributed by atoms with E-state index in [9.17, 15) is 19.8 Å². The van der Waals surface area contributed by atoms with Crippen molar-refractivity contribution in [2.24, 2.45) is 17.3 Å². The van der Waals surface area contributed by atoms with Crippen LogP contribution in [0.2, 0.25) is 0 Å². The minimum atomic E-state index is -0.998. The fraction of sp³-hybridized carbons (Fsp3) is 0.471. The minimum absolute atomic E-state index is 0.0533. The van der Waals surface area contributed by atoms with Gasteiger partial charge in [-0.05, 0) is 42.7 Å². The number of aromatic nitrogens is 4. The van der Waals surface area contributed by atoms with Crippen LogP contribution in [-0.4, -0.2) is 42.3 Å². The average Bonchev–Trinajstić information content (AvgIpc) is 2.92. The number of amides is 1. The number of phenols is 1. The molecule has 0 unspecified atom stereocenters. The number of nitrogens with zero attached hydrogens (tertiary/aromatic N) is 4. The summed E-state index contributed by atoms with van der Waals surface area (Å²) in [6.07, 6.45) is 0. The Morgan fingerprint density at radius 1 is 1.27 bits per heavy atom. The average molecular weight is 359 g/mol. The molecule has 0 spiro atoms. The number of carbonyl (C=O) groups excluding carboxylic acids is 1. The van der Waals surface area contributed by atoms with Crippen molar-refractivity contribution >= 4 is 17.6 Å². The summed E-state index contributed by atoms with van der Waals surface area (Å²) >= 11 is 0. The number of hydrogen-bond acceptors (Lipinski definition) is 6. The van der Waals surface area contributed by atoms with Crippen LogP contribution in [0.1, 0.15) is 33.7 Å². The van der Waals surface area contributed by atoms with Crippen LogP contribution >= 0.6 is 0 Å². The van der Waals surface area contributed by atoms with Gasteiger partial charge in [0.15, 0.2) is 0 Å². The zero-order valence-corrected chi connectivity index (χ0v) is 15.0. The molecule has 26 heavy (non-hydrogen) atoms. The van der Waals surface area contributed by atoms with Gasteiger partial charge in [0.05, 0.1) is 23.6 Å². The number of aromatic hydroxyl groups is 1. The molecular weight excluding hydrogens is 338 g/mol. The molecule has 1 heterocycles. The molecule has 0 saturated heterocycles. The number of rotatable bonds is 5. The van der Waals surface area contributed by atoms with Crippen molar-refractivity contribution in [1.82, 2.24) is 20.2 Å². The quantitative estimate of drug-likeness (QED) is 0.695. The predicted molar refractivity (Wildman–Crippen MR) is 92.3 cm³/mol. The van der Waals surface area contributed by atoms with Crippen molar-refractivity contribution < 1.29 is 19.8 Å². The first-order valence-corrected chi connectivity index (χ1v) is 8.29. The number of nitrogens with one attached hydrogen (secondary N) is 1. The Labute approximate surface area is 150 Å². The normalized spacial score (nSPS) is 20.8. The number of anilines is 1. The Kier molecular flexibility index (Phi) is 4.17. The molecular formula is C17H21N5O4. The van der Waals surface area contributed by atoms with Gasteiger partial charge in [0.1, 0.15) is 5.75 Å². The number of carboxylic acid groups (broad SMARTS) is 1. The Hall–Kier alpha value is -2.97. The minimum Gasteiger partial charge on any atom is -0.506 e. The van der Waals surface area contributed by atoms with Gasteiger partial charge in [0.2, 0.25) is 11.7 Å². The first-order chi connectivity index (χ1) is 12.1. The largest absolute Gasteiger partial charge is 0.506 e. The fourth-order valence-electron chi connectivity index (χ4n) is 3.13. The van der Waals surface area contributed by atoms with Crippen LogP contribution in [0.4, 0.5) is 5.69 Å². The molecule has 1 fully saturated rings. The summed E-state index contributed by atoms with van der Waals surface area (Å²) in [7, 11) is 0. The van der Waals surface area contributed by atoms with Crippen LogP contribution in [0.15, 0.2) is 18.2 Å².